The van der Waals surface area contributed by atoms with E-state index >= 15 is 0 Å². The van der Waals surface area contributed by atoms with Crippen molar-refractivity contribution in [3.05, 3.63) is 51.7 Å². The van der Waals surface area contributed by atoms with E-state index in [4.69, 9.17) is 0 Å². The molecule has 0 radical (unpaired) electrons. The highest BCUT2D eigenvalue weighted by molar-refractivity contribution is 7.99. The molecule has 0 aliphatic rings. The number of nitrogens with one attached hydrogen (secondary N) is 1. The van der Waals surface area contributed by atoms with Crippen LogP contribution in [0.1, 0.15) is 29.0 Å². The van der Waals surface area contributed by atoms with E-state index in [-0.39, 0.29) is 17.7 Å². The van der Waals surface area contributed by atoms with Crippen LogP contribution in [0.15, 0.2) is 40.9 Å². The Morgan fingerprint density at radius 2 is 2.16 bits per heavy atom. The maximum atomic E-state index is 12.2. The predicted molar refractivity (Wildman–Crippen MR) is 100 cm³/mol. The number of amides is 1. The van der Waals surface area contributed by atoms with Gasteiger partial charge in [-0.3, -0.25) is 4.79 Å². The minimum atomic E-state index is -0.0412. The van der Waals surface area contributed by atoms with Gasteiger partial charge in [0.15, 0.2) is 0 Å². The van der Waals surface area contributed by atoms with Crippen LogP contribution in [0, 0.1) is 13.8 Å². The number of thioether (sulfide) groups is 1. The van der Waals surface area contributed by atoms with Crippen molar-refractivity contribution in [3.8, 4) is 5.69 Å². The number of rotatable bonds is 6. The molecule has 6 nitrogen and oxygen atoms in total. The van der Waals surface area contributed by atoms with Gasteiger partial charge in [0.2, 0.25) is 11.1 Å². The predicted octanol–water partition coefficient (Wildman–Crippen LogP) is 3.31. The number of hydrogen-bond acceptors (Lipinski definition) is 6. The molecule has 0 bridgehead atoms. The fourth-order valence-electron chi connectivity index (χ4n) is 2.31. The molecule has 1 N–H and O–H groups in total. The molecular formula is C17H19N5OS2. The highest BCUT2D eigenvalue weighted by Gasteiger charge is 2.14. The molecule has 2 aromatic heterocycles. The second-order valence-electron chi connectivity index (χ2n) is 5.74. The number of carbonyl (C=O) groups is 1. The molecule has 8 heteroatoms. The van der Waals surface area contributed by atoms with E-state index in [1.807, 2.05) is 42.6 Å². The van der Waals surface area contributed by atoms with Crippen molar-refractivity contribution in [1.82, 2.24) is 25.5 Å². The lowest BCUT2D eigenvalue weighted by Gasteiger charge is -2.12. The number of aryl methyl sites for hydroxylation is 2. The van der Waals surface area contributed by atoms with E-state index in [1.165, 1.54) is 22.9 Å². The normalized spacial score (nSPS) is 12.1. The van der Waals surface area contributed by atoms with Crippen molar-refractivity contribution >= 4 is 29.0 Å². The highest BCUT2D eigenvalue weighted by Crippen LogP contribution is 2.21. The van der Waals surface area contributed by atoms with Crippen LogP contribution in [-0.2, 0) is 4.79 Å². The van der Waals surface area contributed by atoms with Gasteiger partial charge in [0.05, 0.1) is 17.5 Å². The summed E-state index contributed by atoms with van der Waals surface area (Å²) in [5, 5.41) is 17.4. The summed E-state index contributed by atoms with van der Waals surface area (Å²) in [6, 6.07) is 10.0. The van der Waals surface area contributed by atoms with Crippen LogP contribution < -0.4 is 5.32 Å². The average molecular weight is 374 g/mol. The van der Waals surface area contributed by atoms with Crippen LogP contribution in [-0.4, -0.2) is 31.9 Å². The van der Waals surface area contributed by atoms with Crippen molar-refractivity contribution in [1.29, 1.82) is 0 Å². The molecule has 0 saturated carbocycles. The first kappa shape index (κ1) is 17.6. The van der Waals surface area contributed by atoms with Gasteiger partial charge in [-0.05, 0) is 65.9 Å². The molecular weight excluding hydrogens is 354 g/mol. The van der Waals surface area contributed by atoms with Crippen LogP contribution in [0.5, 0.6) is 0 Å². The fraction of sp³-hybridized carbons (Fsp3) is 0.294. The Hall–Kier alpha value is -2.19. The third-order valence-electron chi connectivity index (χ3n) is 3.86. The first-order valence-electron chi connectivity index (χ1n) is 7.86. The van der Waals surface area contributed by atoms with Crippen LogP contribution >= 0.6 is 23.1 Å². The summed E-state index contributed by atoms with van der Waals surface area (Å²) in [5.41, 5.74) is 3.28. The first-order valence-corrected chi connectivity index (χ1v) is 9.72. The molecule has 0 unspecified atom stereocenters. The largest absolute Gasteiger partial charge is 0.348 e. The maximum Gasteiger partial charge on any atom is 0.230 e. The Bertz CT molecular complexity index is 860. The van der Waals surface area contributed by atoms with Crippen molar-refractivity contribution < 1.29 is 4.79 Å². The lowest BCUT2D eigenvalue weighted by Crippen LogP contribution is -2.27. The van der Waals surface area contributed by atoms with Gasteiger partial charge in [0, 0.05) is 4.88 Å². The molecule has 0 spiro atoms. The van der Waals surface area contributed by atoms with E-state index in [9.17, 15) is 4.79 Å². The summed E-state index contributed by atoms with van der Waals surface area (Å²) in [4.78, 5) is 13.3. The maximum absolute atomic E-state index is 12.2. The molecule has 0 saturated heterocycles. The molecule has 0 fully saturated rings. The summed E-state index contributed by atoms with van der Waals surface area (Å²) >= 11 is 2.96. The van der Waals surface area contributed by atoms with Crippen molar-refractivity contribution in [2.45, 2.75) is 32.0 Å². The topological polar surface area (TPSA) is 72.7 Å². The van der Waals surface area contributed by atoms with Gasteiger partial charge in [-0.15, -0.1) is 16.4 Å². The third kappa shape index (κ3) is 4.26. The lowest BCUT2D eigenvalue weighted by molar-refractivity contribution is -0.119. The first-order chi connectivity index (χ1) is 12.0. The van der Waals surface area contributed by atoms with Crippen molar-refractivity contribution in [2.24, 2.45) is 0 Å². The summed E-state index contributed by atoms with van der Waals surface area (Å²) in [6.07, 6.45) is 0. The number of nitrogens with zero attached hydrogens (tertiary/aromatic N) is 4. The Morgan fingerprint density at radius 1 is 1.32 bits per heavy atom. The molecule has 130 valence electrons. The molecule has 3 aromatic rings. The monoisotopic (exact) mass is 373 g/mol. The second kappa shape index (κ2) is 7.79. The van der Waals surface area contributed by atoms with Gasteiger partial charge < -0.3 is 5.32 Å². The molecule has 1 atom stereocenters. The zero-order valence-corrected chi connectivity index (χ0v) is 15.9. The Morgan fingerprint density at radius 3 is 2.88 bits per heavy atom. The van der Waals surface area contributed by atoms with Gasteiger partial charge in [-0.2, -0.15) is 4.68 Å². The summed E-state index contributed by atoms with van der Waals surface area (Å²) in [6.45, 7) is 6.09. The smallest absolute Gasteiger partial charge is 0.230 e. The summed E-state index contributed by atoms with van der Waals surface area (Å²) in [7, 11) is 0. The molecule has 3 rings (SSSR count). The van der Waals surface area contributed by atoms with E-state index in [1.54, 1.807) is 16.0 Å². The molecule has 0 aliphatic heterocycles. The number of aromatic nitrogens is 4. The minimum absolute atomic E-state index is 0.00356. The zero-order valence-electron chi connectivity index (χ0n) is 14.3. The standard InChI is InChI=1S/C17H19N5OS2/c1-11-6-7-14(9-12(11)2)22-17(19-20-21-22)25-10-16(23)18-13(3)15-5-4-8-24-15/h4-9,13H,10H2,1-3H3,(H,18,23)/t13-/m1/s1. The number of benzene rings is 1. The van der Waals surface area contributed by atoms with Gasteiger partial charge in [-0.25, -0.2) is 0 Å². The molecule has 0 aliphatic carbocycles. The number of tetrazole rings is 1. The highest BCUT2D eigenvalue weighted by atomic mass is 32.2. The molecule has 1 aromatic carbocycles. The van der Waals surface area contributed by atoms with Gasteiger partial charge in [0.1, 0.15) is 0 Å². The lowest BCUT2D eigenvalue weighted by atomic mass is 10.1. The Kier molecular flexibility index (Phi) is 5.50. The quantitative estimate of drug-likeness (QED) is 0.671. The molecule has 1 amide bonds. The minimum Gasteiger partial charge on any atom is -0.348 e. The number of hydrogen-bond donors (Lipinski definition) is 1. The van der Waals surface area contributed by atoms with Gasteiger partial charge in [0.25, 0.3) is 0 Å². The van der Waals surface area contributed by atoms with Crippen molar-refractivity contribution in [3.63, 3.8) is 0 Å². The fourth-order valence-corrected chi connectivity index (χ4v) is 3.75. The zero-order chi connectivity index (χ0) is 17.8. The number of thiophene rings is 1. The van der Waals surface area contributed by atoms with E-state index in [0.717, 1.165) is 10.6 Å². The van der Waals surface area contributed by atoms with E-state index in [2.05, 4.69) is 34.7 Å². The van der Waals surface area contributed by atoms with Gasteiger partial charge >= 0.3 is 0 Å². The van der Waals surface area contributed by atoms with E-state index < -0.39 is 0 Å². The Balaban J connectivity index is 1.63. The van der Waals surface area contributed by atoms with Crippen LogP contribution in [0.3, 0.4) is 0 Å². The van der Waals surface area contributed by atoms with Gasteiger partial charge in [-0.1, -0.05) is 23.9 Å². The molecule has 2 heterocycles. The van der Waals surface area contributed by atoms with E-state index in [0.29, 0.717) is 5.16 Å². The third-order valence-corrected chi connectivity index (χ3v) is 5.83. The van der Waals surface area contributed by atoms with Crippen LogP contribution in [0.4, 0.5) is 0 Å². The van der Waals surface area contributed by atoms with Crippen molar-refractivity contribution in [2.75, 3.05) is 5.75 Å². The Labute approximate surface area is 154 Å². The summed E-state index contributed by atoms with van der Waals surface area (Å²) < 4.78 is 1.66. The second-order valence-corrected chi connectivity index (χ2v) is 7.66. The summed E-state index contributed by atoms with van der Waals surface area (Å²) in [5.74, 6) is 0.224. The number of carbonyl (C=O) groups excluding carboxylic acids is 1. The van der Waals surface area contributed by atoms with Crippen LogP contribution in [0.25, 0.3) is 5.69 Å². The SMILES string of the molecule is Cc1ccc(-n2nnnc2SCC(=O)N[C@H](C)c2cccs2)cc1C. The average Bonchev–Trinajstić information content (AvgIpc) is 3.27. The van der Waals surface area contributed by atoms with Crippen LogP contribution in [0.2, 0.25) is 0 Å². The molecule has 25 heavy (non-hydrogen) atoms.